The number of hydrogen-bond donors (Lipinski definition) is 1. The molecule has 0 bridgehead atoms. The van der Waals surface area contributed by atoms with Crippen molar-refractivity contribution in [2.45, 2.75) is 30.6 Å². The van der Waals surface area contributed by atoms with Crippen molar-refractivity contribution >= 4 is 11.8 Å². The zero-order valence-electron chi connectivity index (χ0n) is 9.82. The summed E-state index contributed by atoms with van der Waals surface area (Å²) in [4.78, 5) is 1.27. The van der Waals surface area contributed by atoms with Gasteiger partial charge >= 0.3 is 0 Å². The van der Waals surface area contributed by atoms with E-state index in [1.807, 2.05) is 23.9 Å². The van der Waals surface area contributed by atoms with Crippen LogP contribution in [0, 0.1) is 0 Å². The summed E-state index contributed by atoms with van der Waals surface area (Å²) in [5.41, 5.74) is 0. The molecular formula is C13H20O2S. The van der Waals surface area contributed by atoms with Gasteiger partial charge in [0, 0.05) is 11.5 Å². The van der Waals surface area contributed by atoms with Gasteiger partial charge < -0.3 is 9.84 Å². The lowest BCUT2D eigenvalue weighted by Gasteiger charge is -2.04. The minimum Gasteiger partial charge on any atom is -0.497 e. The molecule has 0 amide bonds. The van der Waals surface area contributed by atoms with Gasteiger partial charge in [0.25, 0.3) is 0 Å². The first-order valence-corrected chi connectivity index (χ1v) is 6.73. The van der Waals surface area contributed by atoms with Crippen LogP contribution in [-0.2, 0) is 0 Å². The zero-order valence-corrected chi connectivity index (χ0v) is 10.6. The molecule has 1 aromatic rings. The summed E-state index contributed by atoms with van der Waals surface area (Å²) in [6.45, 7) is 0.322. The van der Waals surface area contributed by atoms with Gasteiger partial charge in [-0.25, -0.2) is 0 Å². The van der Waals surface area contributed by atoms with Gasteiger partial charge in [-0.2, -0.15) is 0 Å². The van der Waals surface area contributed by atoms with Crippen LogP contribution in [-0.4, -0.2) is 24.6 Å². The Labute approximate surface area is 102 Å². The molecule has 0 aromatic heterocycles. The summed E-state index contributed by atoms with van der Waals surface area (Å²) in [5, 5.41) is 8.64. The second kappa shape index (κ2) is 8.48. The molecule has 1 aromatic carbocycles. The molecule has 90 valence electrons. The van der Waals surface area contributed by atoms with Crippen LogP contribution in [0.3, 0.4) is 0 Å². The summed E-state index contributed by atoms with van der Waals surface area (Å²) in [6, 6.07) is 8.16. The highest BCUT2D eigenvalue weighted by molar-refractivity contribution is 7.99. The van der Waals surface area contributed by atoms with E-state index in [9.17, 15) is 0 Å². The third-order valence-corrected chi connectivity index (χ3v) is 3.44. The quantitative estimate of drug-likeness (QED) is 0.558. The largest absolute Gasteiger partial charge is 0.497 e. The highest BCUT2D eigenvalue weighted by atomic mass is 32.2. The van der Waals surface area contributed by atoms with Crippen molar-refractivity contribution in [3.8, 4) is 5.75 Å². The Bertz CT molecular complexity index is 289. The van der Waals surface area contributed by atoms with E-state index in [-0.39, 0.29) is 0 Å². The third kappa shape index (κ3) is 5.42. The molecule has 0 saturated heterocycles. The summed E-state index contributed by atoms with van der Waals surface area (Å²) in [6.07, 6.45) is 4.48. The minimum absolute atomic E-state index is 0.322. The van der Waals surface area contributed by atoms with Crippen LogP contribution < -0.4 is 4.74 Å². The maximum atomic E-state index is 8.64. The second-order valence-electron chi connectivity index (χ2n) is 3.67. The summed E-state index contributed by atoms with van der Waals surface area (Å²) in [5.74, 6) is 2.06. The maximum absolute atomic E-state index is 8.64. The van der Waals surface area contributed by atoms with E-state index in [2.05, 4.69) is 12.1 Å². The van der Waals surface area contributed by atoms with Crippen LogP contribution in [0.15, 0.2) is 29.2 Å². The number of thioether (sulfide) groups is 1. The fourth-order valence-electron chi connectivity index (χ4n) is 1.45. The second-order valence-corrected chi connectivity index (χ2v) is 4.83. The lowest BCUT2D eigenvalue weighted by molar-refractivity contribution is 0.283. The van der Waals surface area contributed by atoms with Gasteiger partial charge in [-0.3, -0.25) is 0 Å². The van der Waals surface area contributed by atoms with Crippen LogP contribution in [0.25, 0.3) is 0 Å². The molecule has 0 aliphatic rings. The Morgan fingerprint density at radius 2 is 2.00 bits per heavy atom. The molecule has 0 fully saturated rings. The molecule has 0 spiro atoms. The van der Waals surface area contributed by atoms with Gasteiger partial charge in [0.05, 0.1) is 7.11 Å². The molecule has 2 nitrogen and oxygen atoms in total. The summed E-state index contributed by atoms with van der Waals surface area (Å²) < 4.78 is 5.17. The van der Waals surface area contributed by atoms with E-state index >= 15 is 0 Å². The standard InChI is InChI=1S/C13H20O2S/c1-15-12-7-6-8-13(11-12)16-10-5-3-2-4-9-14/h6-8,11,14H,2-5,9-10H2,1H3. The molecule has 0 radical (unpaired) electrons. The molecule has 1 rings (SSSR count). The number of hydrogen-bond acceptors (Lipinski definition) is 3. The van der Waals surface area contributed by atoms with Crippen LogP contribution in [0.4, 0.5) is 0 Å². The highest BCUT2D eigenvalue weighted by Gasteiger charge is 1.96. The Kier molecular flexibility index (Phi) is 7.10. The summed E-state index contributed by atoms with van der Waals surface area (Å²) >= 11 is 1.87. The smallest absolute Gasteiger partial charge is 0.119 e. The number of aliphatic hydroxyl groups is 1. The first-order valence-electron chi connectivity index (χ1n) is 5.74. The van der Waals surface area contributed by atoms with Gasteiger partial charge in [-0.15, -0.1) is 11.8 Å². The van der Waals surface area contributed by atoms with E-state index in [0.717, 1.165) is 24.3 Å². The van der Waals surface area contributed by atoms with Crippen molar-refractivity contribution in [2.75, 3.05) is 19.5 Å². The van der Waals surface area contributed by atoms with Crippen molar-refractivity contribution in [3.63, 3.8) is 0 Å². The van der Waals surface area contributed by atoms with Gasteiger partial charge in [-0.05, 0) is 36.8 Å². The van der Waals surface area contributed by atoms with Gasteiger partial charge in [0.1, 0.15) is 5.75 Å². The Balaban J connectivity index is 2.16. The minimum atomic E-state index is 0.322. The number of benzene rings is 1. The third-order valence-electron chi connectivity index (χ3n) is 2.36. The van der Waals surface area contributed by atoms with Gasteiger partial charge in [0.2, 0.25) is 0 Å². The van der Waals surface area contributed by atoms with E-state index in [4.69, 9.17) is 9.84 Å². The number of aliphatic hydroxyl groups excluding tert-OH is 1. The Morgan fingerprint density at radius 3 is 2.75 bits per heavy atom. The van der Waals surface area contributed by atoms with E-state index in [1.54, 1.807) is 7.11 Å². The molecule has 0 aliphatic carbocycles. The van der Waals surface area contributed by atoms with E-state index < -0.39 is 0 Å². The van der Waals surface area contributed by atoms with Crippen molar-refractivity contribution in [1.82, 2.24) is 0 Å². The highest BCUT2D eigenvalue weighted by Crippen LogP contribution is 2.23. The number of methoxy groups -OCH3 is 1. The predicted molar refractivity (Wildman–Crippen MR) is 69.3 cm³/mol. The van der Waals surface area contributed by atoms with E-state index in [1.165, 1.54) is 17.7 Å². The number of ether oxygens (including phenoxy) is 1. The van der Waals surface area contributed by atoms with Crippen LogP contribution in [0.2, 0.25) is 0 Å². The lowest BCUT2D eigenvalue weighted by Crippen LogP contribution is -1.86. The summed E-state index contributed by atoms with van der Waals surface area (Å²) in [7, 11) is 1.69. The van der Waals surface area contributed by atoms with Gasteiger partial charge in [-0.1, -0.05) is 18.9 Å². The maximum Gasteiger partial charge on any atom is 0.119 e. The molecule has 0 unspecified atom stereocenters. The SMILES string of the molecule is COc1cccc(SCCCCCCO)c1. The number of unbranched alkanes of at least 4 members (excludes halogenated alkanes) is 3. The van der Waals surface area contributed by atoms with Crippen LogP contribution in [0.1, 0.15) is 25.7 Å². The van der Waals surface area contributed by atoms with Crippen LogP contribution in [0.5, 0.6) is 5.75 Å². The zero-order chi connectivity index (χ0) is 11.6. The normalized spacial score (nSPS) is 10.4. The van der Waals surface area contributed by atoms with Crippen LogP contribution >= 0.6 is 11.8 Å². The molecule has 0 atom stereocenters. The molecule has 3 heteroatoms. The molecule has 0 saturated carbocycles. The fourth-order valence-corrected chi connectivity index (χ4v) is 2.41. The Morgan fingerprint density at radius 1 is 1.19 bits per heavy atom. The lowest BCUT2D eigenvalue weighted by atomic mass is 10.2. The first-order chi connectivity index (χ1) is 7.86. The Hall–Kier alpha value is -0.670. The van der Waals surface area contributed by atoms with Gasteiger partial charge in [0.15, 0.2) is 0 Å². The first kappa shape index (κ1) is 13.4. The predicted octanol–water partition coefficient (Wildman–Crippen LogP) is 3.34. The fraction of sp³-hybridized carbons (Fsp3) is 0.538. The van der Waals surface area contributed by atoms with Crippen molar-refractivity contribution < 1.29 is 9.84 Å². The van der Waals surface area contributed by atoms with Crippen molar-refractivity contribution in [2.24, 2.45) is 0 Å². The topological polar surface area (TPSA) is 29.5 Å². The van der Waals surface area contributed by atoms with Crippen molar-refractivity contribution in [1.29, 1.82) is 0 Å². The molecule has 1 N–H and O–H groups in total. The molecule has 0 aliphatic heterocycles. The van der Waals surface area contributed by atoms with E-state index in [0.29, 0.717) is 6.61 Å². The number of rotatable bonds is 8. The van der Waals surface area contributed by atoms with Crippen molar-refractivity contribution in [3.05, 3.63) is 24.3 Å². The molecule has 16 heavy (non-hydrogen) atoms. The average molecular weight is 240 g/mol. The monoisotopic (exact) mass is 240 g/mol. The molecular weight excluding hydrogens is 220 g/mol. The average Bonchev–Trinajstić information content (AvgIpc) is 2.34. The molecule has 0 heterocycles.